The number of ether oxygens (including phenoxy) is 4. The number of hydrogen-bond donors (Lipinski definition) is 0. The lowest BCUT2D eigenvalue weighted by atomic mass is 9.87. The van der Waals surface area contributed by atoms with Crippen molar-refractivity contribution in [2.75, 3.05) is 26.8 Å². The van der Waals surface area contributed by atoms with Gasteiger partial charge < -0.3 is 23.1 Å². The first-order valence-electron chi connectivity index (χ1n) is 8.04. The van der Waals surface area contributed by atoms with Crippen LogP contribution in [0.3, 0.4) is 0 Å². The van der Waals surface area contributed by atoms with Gasteiger partial charge in [-0.25, -0.2) is 0 Å². The molecular weight excluding hydrogens is 376 g/mol. The van der Waals surface area contributed by atoms with Gasteiger partial charge in [0.15, 0.2) is 23.0 Å². The summed E-state index contributed by atoms with van der Waals surface area (Å²) >= 11 is 0. The van der Waals surface area contributed by atoms with E-state index in [1.165, 1.54) is 13.2 Å². The van der Waals surface area contributed by atoms with Crippen LogP contribution in [-0.2, 0) is 10.1 Å². The third kappa shape index (κ3) is 3.14. The molecule has 0 aromatic heterocycles. The van der Waals surface area contributed by atoms with Crippen LogP contribution in [0, 0.1) is 0 Å². The topological polar surface area (TPSA) is 97.4 Å². The smallest absolute Gasteiger partial charge is 0.306 e. The Labute approximate surface area is 155 Å². The van der Waals surface area contributed by atoms with Crippen molar-refractivity contribution in [3.8, 4) is 28.7 Å². The van der Waals surface area contributed by atoms with Gasteiger partial charge in [0.2, 0.25) is 6.79 Å². The van der Waals surface area contributed by atoms with Crippen molar-refractivity contribution in [2.45, 2.75) is 5.92 Å². The van der Waals surface area contributed by atoms with Gasteiger partial charge in [-0.2, -0.15) is 8.42 Å². The highest BCUT2D eigenvalue weighted by atomic mass is 32.2. The Morgan fingerprint density at radius 1 is 1.04 bits per heavy atom. The van der Waals surface area contributed by atoms with E-state index < -0.39 is 16.0 Å². The molecule has 0 fully saturated rings. The Balaban J connectivity index is 1.82. The highest BCUT2D eigenvalue weighted by Gasteiger charge is 2.36. The van der Waals surface area contributed by atoms with Crippen LogP contribution < -0.4 is 23.1 Å². The quantitative estimate of drug-likeness (QED) is 0.730. The van der Waals surface area contributed by atoms with E-state index in [1.54, 1.807) is 24.3 Å². The van der Waals surface area contributed by atoms with E-state index in [4.69, 9.17) is 23.1 Å². The van der Waals surface area contributed by atoms with Gasteiger partial charge in [-0.05, 0) is 18.2 Å². The van der Waals surface area contributed by atoms with Gasteiger partial charge >= 0.3 is 10.1 Å². The molecule has 0 radical (unpaired) electrons. The molecule has 1 unspecified atom stereocenters. The van der Waals surface area contributed by atoms with Crippen molar-refractivity contribution < 1.29 is 36.3 Å². The molecular formula is C18H16O8S. The van der Waals surface area contributed by atoms with Crippen LogP contribution in [0.4, 0.5) is 0 Å². The van der Waals surface area contributed by atoms with E-state index in [1.807, 2.05) is 0 Å². The van der Waals surface area contributed by atoms with Crippen molar-refractivity contribution >= 4 is 15.9 Å². The molecule has 142 valence electrons. The molecule has 0 saturated carbocycles. The summed E-state index contributed by atoms with van der Waals surface area (Å²) in [5.74, 6) is 0.507. The SMILES string of the molecule is COc1cccc2c1C(=O)C(c1cc3c(cc1OS(C)(=O)=O)OCO3)CO2. The van der Waals surface area contributed by atoms with Gasteiger partial charge in [-0.3, -0.25) is 4.79 Å². The maximum Gasteiger partial charge on any atom is 0.306 e. The van der Waals surface area contributed by atoms with Crippen LogP contribution in [0.1, 0.15) is 21.8 Å². The van der Waals surface area contributed by atoms with Crippen LogP contribution in [0.2, 0.25) is 0 Å². The van der Waals surface area contributed by atoms with Crippen molar-refractivity contribution in [3.05, 3.63) is 41.5 Å². The van der Waals surface area contributed by atoms with Gasteiger partial charge in [0, 0.05) is 11.6 Å². The second-order valence-corrected chi connectivity index (χ2v) is 7.67. The average molecular weight is 392 g/mol. The molecule has 2 aliphatic heterocycles. The van der Waals surface area contributed by atoms with Gasteiger partial charge in [-0.1, -0.05) is 6.07 Å². The van der Waals surface area contributed by atoms with Crippen molar-refractivity contribution in [1.29, 1.82) is 0 Å². The first-order chi connectivity index (χ1) is 12.9. The molecule has 2 aliphatic rings. The molecule has 27 heavy (non-hydrogen) atoms. The monoisotopic (exact) mass is 392 g/mol. The predicted molar refractivity (Wildman–Crippen MR) is 93.6 cm³/mol. The fourth-order valence-electron chi connectivity index (χ4n) is 3.14. The zero-order valence-electron chi connectivity index (χ0n) is 14.6. The number of ketones is 1. The first-order valence-corrected chi connectivity index (χ1v) is 9.86. The molecule has 0 spiro atoms. The lowest BCUT2D eigenvalue weighted by Gasteiger charge is -2.26. The average Bonchev–Trinajstić information content (AvgIpc) is 3.07. The Bertz CT molecular complexity index is 1010. The first kappa shape index (κ1) is 17.5. The van der Waals surface area contributed by atoms with Crippen molar-refractivity contribution in [1.82, 2.24) is 0 Å². The molecule has 2 aromatic carbocycles. The molecule has 0 aliphatic carbocycles. The van der Waals surface area contributed by atoms with Crippen LogP contribution in [0.25, 0.3) is 0 Å². The summed E-state index contributed by atoms with van der Waals surface area (Å²) in [7, 11) is -2.36. The number of methoxy groups -OCH3 is 1. The second kappa shape index (κ2) is 6.34. The summed E-state index contributed by atoms with van der Waals surface area (Å²) < 4.78 is 50.1. The minimum Gasteiger partial charge on any atom is -0.496 e. The Morgan fingerprint density at radius 3 is 2.48 bits per heavy atom. The largest absolute Gasteiger partial charge is 0.496 e. The number of hydrogen-bond acceptors (Lipinski definition) is 8. The third-order valence-corrected chi connectivity index (χ3v) is 4.78. The minimum atomic E-state index is -3.82. The Morgan fingerprint density at radius 2 is 1.78 bits per heavy atom. The fraction of sp³-hybridized carbons (Fsp3) is 0.278. The lowest BCUT2D eigenvalue weighted by Crippen LogP contribution is -2.27. The molecule has 0 saturated heterocycles. The molecule has 8 nitrogen and oxygen atoms in total. The zero-order chi connectivity index (χ0) is 19.2. The van der Waals surface area contributed by atoms with Gasteiger partial charge in [0.25, 0.3) is 0 Å². The van der Waals surface area contributed by atoms with E-state index in [9.17, 15) is 13.2 Å². The molecule has 1 atom stereocenters. The van der Waals surface area contributed by atoms with Crippen LogP contribution in [0.15, 0.2) is 30.3 Å². The molecule has 0 amide bonds. The number of fused-ring (bicyclic) bond motifs is 2. The molecule has 2 heterocycles. The normalized spacial score (nSPS) is 17.9. The Hall–Kier alpha value is -2.94. The maximum atomic E-state index is 13.2. The van der Waals surface area contributed by atoms with Crippen molar-refractivity contribution in [3.63, 3.8) is 0 Å². The van der Waals surface area contributed by atoms with E-state index >= 15 is 0 Å². The number of benzene rings is 2. The molecule has 4 rings (SSSR count). The van der Waals surface area contributed by atoms with Crippen LogP contribution in [0.5, 0.6) is 28.7 Å². The fourth-order valence-corrected chi connectivity index (χ4v) is 3.62. The molecule has 0 N–H and O–H groups in total. The number of rotatable bonds is 4. The van der Waals surface area contributed by atoms with E-state index in [0.29, 0.717) is 34.1 Å². The number of carbonyl (C=O) groups is 1. The van der Waals surface area contributed by atoms with Crippen LogP contribution in [-0.4, -0.2) is 41.0 Å². The summed E-state index contributed by atoms with van der Waals surface area (Å²) in [6, 6.07) is 8.03. The van der Waals surface area contributed by atoms with Gasteiger partial charge in [0.05, 0.1) is 19.3 Å². The van der Waals surface area contributed by atoms with E-state index in [0.717, 1.165) is 6.26 Å². The molecule has 0 bridgehead atoms. The minimum absolute atomic E-state index is 0.00190. The standard InChI is InChI=1S/C18H16O8S/c1-22-12-4-3-5-13-17(12)18(19)11(8-23-13)10-6-15-16(25-9-24-15)7-14(10)26-27(2,20)21/h3-7,11H,8-9H2,1-2H3. The number of Topliss-reactive ketones (excluding diaryl/α,β-unsaturated/α-hetero) is 1. The summed E-state index contributed by atoms with van der Waals surface area (Å²) in [4.78, 5) is 13.2. The second-order valence-electron chi connectivity index (χ2n) is 6.09. The third-order valence-electron chi connectivity index (χ3n) is 4.30. The lowest BCUT2D eigenvalue weighted by molar-refractivity contribution is 0.0890. The number of carbonyl (C=O) groups excluding carboxylic acids is 1. The highest BCUT2D eigenvalue weighted by Crippen LogP contribution is 2.45. The van der Waals surface area contributed by atoms with E-state index in [2.05, 4.69) is 0 Å². The predicted octanol–water partition coefficient (Wildman–Crippen LogP) is 2.12. The summed E-state index contributed by atoms with van der Waals surface area (Å²) in [5, 5.41) is 0. The highest BCUT2D eigenvalue weighted by molar-refractivity contribution is 7.86. The van der Waals surface area contributed by atoms with E-state index in [-0.39, 0.29) is 24.9 Å². The Kier molecular flexibility index (Phi) is 4.11. The molecule has 2 aromatic rings. The van der Waals surface area contributed by atoms with Crippen molar-refractivity contribution in [2.24, 2.45) is 0 Å². The summed E-state index contributed by atoms with van der Waals surface area (Å²) in [6.45, 7) is 0.0294. The zero-order valence-corrected chi connectivity index (χ0v) is 15.4. The van der Waals surface area contributed by atoms with Gasteiger partial charge in [-0.15, -0.1) is 0 Å². The summed E-state index contributed by atoms with van der Waals surface area (Å²) in [6.07, 6.45) is 0.929. The molecule has 9 heteroatoms. The summed E-state index contributed by atoms with van der Waals surface area (Å²) in [5.41, 5.74) is 0.644. The maximum absolute atomic E-state index is 13.2. The van der Waals surface area contributed by atoms with Gasteiger partial charge in [0.1, 0.15) is 23.7 Å². The van der Waals surface area contributed by atoms with Crippen LogP contribution >= 0.6 is 0 Å².